The lowest BCUT2D eigenvalue weighted by molar-refractivity contribution is -0.144. The van der Waals surface area contributed by atoms with Crippen LogP contribution < -0.4 is 0 Å². The van der Waals surface area contributed by atoms with E-state index in [1.165, 1.54) is 6.92 Å². The number of hydrogen-bond donors (Lipinski definition) is 1. The normalized spacial score (nSPS) is 10.1. The lowest BCUT2D eigenvalue weighted by atomic mass is 10.3. The van der Waals surface area contributed by atoms with E-state index >= 15 is 0 Å². The van der Waals surface area contributed by atoms with Gasteiger partial charge in [-0.3, -0.25) is 0 Å². The van der Waals surface area contributed by atoms with E-state index < -0.39 is 17.9 Å². The Labute approximate surface area is 118 Å². The molecule has 0 aliphatic rings. The predicted molar refractivity (Wildman–Crippen MR) is 74.0 cm³/mol. The van der Waals surface area contributed by atoms with Crippen molar-refractivity contribution in [2.24, 2.45) is 0 Å². The summed E-state index contributed by atoms with van der Waals surface area (Å²) in [4.78, 5) is 30.9. The maximum atomic E-state index is 10.7. The molecule has 0 rings (SSSR count). The van der Waals surface area contributed by atoms with Crippen LogP contribution in [-0.2, 0) is 23.9 Å². The zero-order valence-corrected chi connectivity index (χ0v) is 11.8. The Hall–Kier alpha value is -2.37. The molecular formula is C14H20O6. The average molecular weight is 284 g/mol. The van der Waals surface area contributed by atoms with E-state index in [0.717, 1.165) is 12.2 Å². The molecule has 0 saturated heterocycles. The summed E-state index contributed by atoms with van der Waals surface area (Å²) in [7, 11) is 0. The van der Waals surface area contributed by atoms with Gasteiger partial charge < -0.3 is 14.6 Å². The Bertz CT molecular complexity index is 371. The topological polar surface area (TPSA) is 89.9 Å². The van der Waals surface area contributed by atoms with Gasteiger partial charge in [-0.2, -0.15) is 0 Å². The smallest absolute Gasteiger partial charge is 0.330 e. The predicted octanol–water partition coefficient (Wildman–Crippen LogP) is 1.87. The molecule has 0 amide bonds. The van der Waals surface area contributed by atoms with Gasteiger partial charge in [-0.25, -0.2) is 14.4 Å². The van der Waals surface area contributed by atoms with Crippen molar-refractivity contribution in [1.29, 1.82) is 0 Å². The third-order valence-corrected chi connectivity index (χ3v) is 1.78. The first kappa shape index (κ1) is 20.0. The fourth-order valence-electron chi connectivity index (χ4n) is 0.690. The summed E-state index contributed by atoms with van der Waals surface area (Å²) in [5.74, 6) is -1.89. The molecule has 0 aliphatic heterocycles. The summed E-state index contributed by atoms with van der Waals surface area (Å²) in [5.41, 5.74) is 0.176. The fourth-order valence-corrected chi connectivity index (χ4v) is 0.690. The molecule has 1 unspecified atom stereocenters. The first-order chi connectivity index (χ1) is 9.24. The number of carbonyl (C=O) groups is 3. The molecule has 0 aromatic carbocycles. The number of ether oxygens (including phenoxy) is 2. The number of aliphatic carboxylic acids is 1. The second-order valence-corrected chi connectivity index (χ2v) is 3.70. The van der Waals surface area contributed by atoms with E-state index in [4.69, 9.17) is 14.6 Å². The lowest BCUT2D eigenvalue weighted by Gasteiger charge is -2.11. The molecule has 0 heterocycles. The summed E-state index contributed by atoms with van der Waals surface area (Å²) in [6.45, 7) is 13.0. The van der Waals surface area contributed by atoms with E-state index in [0.29, 0.717) is 6.42 Å². The Morgan fingerprint density at radius 1 is 1.20 bits per heavy atom. The molecule has 112 valence electrons. The number of esters is 2. The van der Waals surface area contributed by atoms with Gasteiger partial charge in [0.15, 0.2) is 0 Å². The summed E-state index contributed by atoms with van der Waals surface area (Å²) >= 11 is 0. The molecule has 0 spiro atoms. The largest absolute Gasteiger partial charge is 0.478 e. The monoisotopic (exact) mass is 284 g/mol. The standard InChI is InChI=1S/C10H14O4.C4H6O2/c1-4-9(11)13-7-6-8(3)14-10(12)5-2;1-3(2)4(5)6/h4-5,8H,1-2,6-7H2,3H3;1H2,2H3,(H,5,6). The van der Waals surface area contributed by atoms with Gasteiger partial charge in [0.25, 0.3) is 0 Å². The average Bonchev–Trinajstić information content (AvgIpc) is 2.38. The van der Waals surface area contributed by atoms with Crippen LogP contribution in [0, 0.1) is 0 Å². The molecule has 0 aromatic rings. The first-order valence-electron chi connectivity index (χ1n) is 5.75. The van der Waals surface area contributed by atoms with Gasteiger partial charge in [0.1, 0.15) is 6.10 Å². The third-order valence-electron chi connectivity index (χ3n) is 1.78. The molecule has 20 heavy (non-hydrogen) atoms. The number of hydrogen-bond acceptors (Lipinski definition) is 5. The summed E-state index contributed by atoms with van der Waals surface area (Å²) in [6, 6.07) is 0. The van der Waals surface area contributed by atoms with Crippen molar-refractivity contribution in [1.82, 2.24) is 0 Å². The molecule has 6 nitrogen and oxygen atoms in total. The van der Waals surface area contributed by atoms with Crippen molar-refractivity contribution in [3.05, 3.63) is 37.5 Å². The Kier molecular flexibility index (Phi) is 11.7. The molecular weight excluding hydrogens is 264 g/mol. The van der Waals surface area contributed by atoms with Gasteiger partial charge in [0.05, 0.1) is 6.61 Å². The quantitative estimate of drug-likeness (QED) is 0.567. The molecule has 6 heteroatoms. The van der Waals surface area contributed by atoms with Crippen LogP contribution in [0.1, 0.15) is 20.3 Å². The number of rotatable bonds is 7. The molecule has 0 saturated carbocycles. The highest BCUT2D eigenvalue weighted by atomic mass is 16.6. The van der Waals surface area contributed by atoms with E-state index in [1.807, 2.05) is 0 Å². The lowest BCUT2D eigenvalue weighted by Crippen LogP contribution is -2.16. The van der Waals surface area contributed by atoms with Crippen molar-refractivity contribution in [2.45, 2.75) is 26.4 Å². The van der Waals surface area contributed by atoms with Crippen molar-refractivity contribution in [3.63, 3.8) is 0 Å². The number of carboxylic acids is 1. The van der Waals surface area contributed by atoms with Gasteiger partial charge in [-0.15, -0.1) is 0 Å². The molecule has 0 bridgehead atoms. The summed E-state index contributed by atoms with van der Waals surface area (Å²) < 4.78 is 9.54. The van der Waals surface area contributed by atoms with Gasteiger partial charge in [-0.05, 0) is 13.8 Å². The van der Waals surface area contributed by atoms with Gasteiger partial charge >= 0.3 is 17.9 Å². The minimum absolute atomic E-state index is 0.176. The first-order valence-corrected chi connectivity index (χ1v) is 5.75. The Morgan fingerprint density at radius 3 is 2.00 bits per heavy atom. The molecule has 0 aromatic heterocycles. The number of carboxylic acid groups (broad SMARTS) is 1. The maximum Gasteiger partial charge on any atom is 0.330 e. The van der Waals surface area contributed by atoms with Crippen LogP contribution in [-0.4, -0.2) is 35.7 Å². The Morgan fingerprint density at radius 2 is 1.65 bits per heavy atom. The minimum atomic E-state index is -0.935. The molecule has 0 radical (unpaired) electrons. The summed E-state index contributed by atoms with van der Waals surface area (Å²) in [6.07, 6.45) is 2.34. The second-order valence-electron chi connectivity index (χ2n) is 3.70. The summed E-state index contributed by atoms with van der Waals surface area (Å²) in [5, 5.41) is 7.89. The van der Waals surface area contributed by atoms with Crippen LogP contribution in [0.2, 0.25) is 0 Å². The highest BCUT2D eigenvalue weighted by Crippen LogP contribution is 1.99. The maximum absolute atomic E-state index is 10.7. The van der Waals surface area contributed by atoms with E-state index in [1.54, 1.807) is 6.92 Å². The van der Waals surface area contributed by atoms with E-state index in [-0.39, 0.29) is 18.3 Å². The van der Waals surface area contributed by atoms with Gasteiger partial charge in [-0.1, -0.05) is 19.7 Å². The van der Waals surface area contributed by atoms with Crippen LogP contribution in [0.4, 0.5) is 0 Å². The fraction of sp³-hybridized carbons (Fsp3) is 0.357. The highest BCUT2D eigenvalue weighted by Gasteiger charge is 2.06. The minimum Gasteiger partial charge on any atom is -0.478 e. The van der Waals surface area contributed by atoms with Crippen LogP contribution in [0.25, 0.3) is 0 Å². The van der Waals surface area contributed by atoms with Crippen molar-refractivity contribution >= 4 is 17.9 Å². The zero-order valence-electron chi connectivity index (χ0n) is 11.8. The van der Waals surface area contributed by atoms with Crippen molar-refractivity contribution < 1.29 is 29.0 Å². The van der Waals surface area contributed by atoms with Crippen LogP contribution in [0.15, 0.2) is 37.5 Å². The highest BCUT2D eigenvalue weighted by molar-refractivity contribution is 5.84. The third kappa shape index (κ3) is 13.7. The van der Waals surface area contributed by atoms with Crippen LogP contribution >= 0.6 is 0 Å². The van der Waals surface area contributed by atoms with E-state index in [2.05, 4.69) is 19.7 Å². The molecule has 0 aliphatic carbocycles. The molecule has 0 fully saturated rings. The zero-order chi connectivity index (χ0) is 16.1. The van der Waals surface area contributed by atoms with E-state index in [9.17, 15) is 14.4 Å². The molecule has 1 N–H and O–H groups in total. The van der Waals surface area contributed by atoms with Crippen molar-refractivity contribution in [3.8, 4) is 0 Å². The van der Waals surface area contributed by atoms with Gasteiger partial charge in [0, 0.05) is 24.1 Å². The SMILES string of the molecule is C=C(C)C(=O)O.C=CC(=O)OCCC(C)OC(=O)C=C. The Balaban J connectivity index is 0. The number of carbonyl (C=O) groups excluding carboxylic acids is 2. The van der Waals surface area contributed by atoms with Crippen molar-refractivity contribution in [2.75, 3.05) is 6.61 Å². The molecule has 1 atom stereocenters. The van der Waals surface area contributed by atoms with Crippen LogP contribution in [0.3, 0.4) is 0 Å². The van der Waals surface area contributed by atoms with Crippen LogP contribution in [0.5, 0.6) is 0 Å². The van der Waals surface area contributed by atoms with Gasteiger partial charge in [0.2, 0.25) is 0 Å². The second kappa shape index (κ2) is 11.7.